The van der Waals surface area contributed by atoms with Gasteiger partial charge in [-0.05, 0) is 38.2 Å². The Hall–Kier alpha value is -1.41. The molecule has 1 radical (unpaired) electrons. The van der Waals surface area contributed by atoms with E-state index in [0.29, 0.717) is 12.8 Å². The first-order valence-corrected chi connectivity index (χ1v) is 8.05. The summed E-state index contributed by atoms with van der Waals surface area (Å²) in [6.07, 6.45) is 0.657. The molecule has 0 aromatic heterocycles. The van der Waals surface area contributed by atoms with Gasteiger partial charge in [0.25, 0.3) is 0 Å². The second kappa shape index (κ2) is 10.7. The van der Waals surface area contributed by atoms with E-state index in [-0.39, 0.29) is 54.5 Å². The number of aliphatic carboxylic acids is 2. The Bertz CT molecular complexity index is 843. The van der Waals surface area contributed by atoms with Gasteiger partial charge in [0.2, 0.25) is 5.91 Å². The Morgan fingerprint density at radius 1 is 1.31 bits per heavy atom. The molecular weight excluding hydrogens is 347 g/mol. The third-order valence-corrected chi connectivity index (χ3v) is 4.18. The first-order chi connectivity index (χ1) is 14.0. The molecule has 0 spiro atoms. The van der Waals surface area contributed by atoms with E-state index in [9.17, 15) is 24.6 Å². The van der Waals surface area contributed by atoms with Gasteiger partial charge in [0.15, 0.2) is 0 Å². The van der Waals surface area contributed by atoms with Crippen LogP contribution in [0.4, 0.5) is 0 Å². The summed E-state index contributed by atoms with van der Waals surface area (Å²) in [6, 6.07) is -5.44. The van der Waals surface area contributed by atoms with Crippen molar-refractivity contribution in [3.05, 3.63) is 35.8 Å². The predicted molar refractivity (Wildman–Crippen MR) is 96.9 cm³/mol. The summed E-state index contributed by atoms with van der Waals surface area (Å²) in [5.74, 6) is -2.89. The summed E-state index contributed by atoms with van der Waals surface area (Å²) in [6.45, 7) is 1.72. The van der Waals surface area contributed by atoms with Gasteiger partial charge in [0.05, 0.1) is 12.9 Å². The fraction of sp³-hybridized carbons (Fsp3) is 0.500. The second-order valence-electron chi connectivity index (χ2n) is 5.95. The molecule has 1 amide bonds. The van der Waals surface area contributed by atoms with Gasteiger partial charge in [-0.15, -0.1) is 0 Å². The van der Waals surface area contributed by atoms with Crippen LogP contribution in [0, 0.1) is 0 Å². The smallest absolute Gasteiger partial charge is 0.326 e. The minimum atomic E-state index is -1.27. The standard InChI is InChI=1S/C18H24N2O5.Na/c1-12(16(21)20-11-5-8-15(20)18(24)25)19-14(17(22)23)10-9-13-6-3-2-4-7-13;/h2-4,6-7,12,14-15,19H,5,8-11H2,1H3,(H,22,23)(H,24,25);/t12-,14-,15-;/m0./s1/i2D,3D,4D,6D,7D;. The van der Waals surface area contributed by atoms with Gasteiger partial charge in [-0.2, -0.15) is 0 Å². The van der Waals surface area contributed by atoms with Crippen molar-refractivity contribution >= 4 is 47.4 Å². The van der Waals surface area contributed by atoms with Crippen molar-refractivity contribution in [1.29, 1.82) is 0 Å². The van der Waals surface area contributed by atoms with E-state index in [2.05, 4.69) is 5.32 Å². The van der Waals surface area contributed by atoms with Gasteiger partial charge < -0.3 is 15.1 Å². The molecule has 0 saturated carbocycles. The molecule has 1 fully saturated rings. The molecule has 1 aliphatic rings. The number of nitrogens with one attached hydrogen (secondary N) is 1. The molecule has 0 bridgehead atoms. The molecule has 1 aromatic carbocycles. The van der Waals surface area contributed by atoms with Crippen molar-refractivity contribution in [3.8, 4) is 0 Å². The van der Waals surface area contributed by atoms with Gasteiger partial charge in [-0.25, -0.2) is 4.79 Å². The van der Waals surface area contributed by atoms with Crippen LogP contribution in [0.2, 0.25) is 0 Å². The van der Waals surface area contributed by atoms with Crippen LogP contribution >= 0.6 is 0 Å². The van der Waals surface area contributed by atoms with Crippen LogP contribution in [-0.2, 0) is 20.8 Å². The average molecular weight is 376 g/mol. The monoisotopic (exact) mass is 376 g/mol. The molecule has 0 aliphatic carbocycles. The van der Waals surface area contributed by atoms with E-state index in [0.717, 1.165) is 0 Å². The number of nitrogens with zero attached hydrogens (tertiary/aromatic N) is 1. The van der Waals surface area contributed by atoms with Crippen molar-refractivity contribution in [3.63, 3.8) is 0 Å². The van der Waals surface area contributed by atoms with E-state index in [1.807, 2.05) is 0 Å². The molecule has 3 N–H and O–H groups in total. The van der Waals surface area contributed by atoms with Crippen LogP contribution in [0.1, 0.15) is 38.6 Å². The Morgan fingerprint density at radius 3 is 2.54 bits per heavy atom. The molecule has 2 rings (SSSR count). The van der Waals surface area contributed by atoms with E-state index in [1.54, 1.807) is 0 Å². The Morgan fingerprint density at radius 2 is 1.96 bits per heavy atom. The number of hydrogen-bond acceptors (Lipinski definition) is 4. The maximum atomic E-state index is 12.6. The molecule has 1 heterocycles. The summed E-state index contributed by atoms with van der Waals surface area (Å²) in [4.78, 5) is 36.8. The number of carboxylic acid groups (broad SMARTS) is 2. The zero-order valence-corrected chi connectivity index (χ0v) is 16.8. The number of rotatable bonds is 8. The molecule has 137 valence electrons. The van der Waals surface area contributed by atoms with Crippen molar-refractivity contribution in [1.82, 2.24) is 10.2 Å². The van der Waals surface area contributed by atoms with Gasteiger partial charge in [-0.1, -0.05) is 30.2 Å². The van der Waals surface area contributed by atoms with Crippen molar-refractivity contribution in [2.45, 2.75) is 50.7 Å². The van der Waals surface area contributed by atoms with E-state index >= 15 is 0 Å². The van der Waals surface area contributed by atoms with Crippen LogP contribution in [0.15, 0.2) is 30.2 Å². The van der Waals surface area contributed by atoms with Gasteiger partial charge in [0.1, 0.15) is 12.1 Å². The SMILES string of the molecule is [2H]c1c([2H])c([2H])c(CC[C@H](N[C@@H](C)C(=O)N2CCC[C@H]2C(=O)O)C(=O)O)c([2H])c1[2H].[Na]. The van der Waals surface area contributed by atoms with Crippen molar-refractivity contribution in [2.75, 3.05) is 6.54 Å². The minimum absolute atomic E-state index is 0. The molecule has 1 aliphatic heterocycles. The number of carboxylic acids is 2. The number of benzene rings is 1. The largest absolute Gasteiger partial charge is 0.480 e. The molecule has 7 nitrogen and oxygen atoms in total. The normalized spacial score (nSPS) is 21.3. The molecule has 1 aromatic rings. The van der Waals surface area contributed by atoms with E-state index in [4.69, 9.17) is 6.85 Å². The van der Waals surface area contributed by atoms with Crippen LogP contribution in [0.5, 0.6) is 0 Å². The number of amides is 1. The van der Waals surface area contributed by atoms with E-state index < -0.39 is 66.2 Å². The molecule has 26 heavy (non-hydrogen) atoms. The first kappa shape index (κ1) is 15.6. The Labute approximate surface area is 182 Å². The summed E-state index contributed by atoms with van der Waals surface area (Å²) in [5, 5.41) is 21.4. The van der Waals surface area contributed by atoms with Crippen LogP contribution in [0.3, 0.4) is 0 Å². The zero-order valence-electron chi connectivity index (χ0n) is 19.8. The maximum absolute atomic E-state index is 12.6. The quantitative estimate of drug-likeness (QED) is 0.578. The van der Waals surface area contributed by atoms with Gasteiger partial charge >= 0.3 is 11.9 Å². The summed E-state index contributed by atoms with van der Waals surface area (Å²) >= 11 is 0. The van der Waals surface area contributed by atoms with Crippen LogP contribution in [-0.4, -0.2) is 87.2 Å². The summed E-state index contributed by atoms with van der Waals surface area (Å²) < 4.78 is 38.8. The molecule has 1 saturated heterocycles. The molecule has 0 unspecified atom stereocenters. The van der Waals surface area contributed by atoms with Crippen molar-refractivity contribution < 1.29 is 31.5 Å². The summed E-state index contributed by atoms with van der Waals surface area (Å²) in [7, 11) is 0. The Kier molecular flexibility index (Phi) is 6.41. The van der Waals surface area contributed by atoms with Crippen LogP contribution < -0.4 is 5.32 Å². The third kappa shape index (κ3) is 6.09. The van der Waals surface area contributed by atoms with Crippen molar-refractivity contribution in [2.24, 2.45) is 0 Å². The topological polar surface area (TPSA) is 107 Å². The predicted octanol–water partition coefficient (Wildman–Crippen LogP) is 0.745. The molecule has 8 heteroatoms. The molecule has 3 atom stereocenters. The second-order valence-corrected chi connectivity index (χ2v) is 5.95. The molecular formula is C18H24N2NaO5. The zero-order chi connectivity index (χ0) is 22.7. The fourth-order valence-electron chi connectivity index (χ4n) is 2.88. The maximum Gasteiger partial charge on any atom is 0.326 e. The average Bonchev–Trinajstić information content (AvgIpc) is 3.19. The fourth-order valence-corrected chi connectivity index (χ4v) is 2.88. The number of likely N-dealkylation sites (tertiary alicyclic amines) is 1. The minimum Gasteiger partial charge on any atom is -0.480 e. The number of carbonyl (C=O) groups excluding carboxylic acids is 1. The van der Waals surface area contributed by atoms with Crippen LogP contribution in [0.25, 0.3) is 0 Å². The third-order valence-electron chi connectivity index (χ3n) is 4.18. The number of hydrogen-bond donors (Lipinski definition) is 3. The van der Waals surface area contributed by atoms with Gasteiger partial charge in [-0.3, -0.25) is 14.9 Å². The first-order valence-electron chi connectivity index (χ1n) is 10.5. The Balaban J connectivity index is 0.00000480. The van der Waals surface area contributed by atoms with E-state index in [1.165, 1.54) is 11.8 Å². The number of carbonyl (C=O) groups is 3. The van der Waals surface area contributed by atoms with Gasteiger partial charge in [0, 0.05) is 36.1 Å². The summed E-state index contributed by atoms with van der Waals surface area (Å²) in [5.41, 5.74) is -0.00138.